The quantitative estimate of drug-likeness (QED) is 0.834. The van der Waals surface area contributed by atoms with Crippen molar-refractivity contribution in [1.29, 1.82) is 5.26 Å². The van der Waals surface area contributed by atoms with E-state index >= 15 is 0 Å². The molecule has 1 aliphatic carbocycles. The molecule has 0 amide bonds. The van der Waals surface area contributed by atoms with Crippen molar-refractivity contribution in [2.75, 3.05) is 0 Å². The van der Waals surface area contributed by atoms with Crippen LogP contribution in [0.4, 0.5) is 0 Å². The van der Waals surface area contributed by atoms with E-state index in [1.807, 2.05) is 0 Å². The van der Waals surface area contributed by atoms with Crippen LogP contribution < -0.4 is 4.72 Å². The van der Waals surface area contributed by atoms with Crippen molar-refractivity contribution in [2.45, 2.75) is 30.2 Å². The third-order valence-corrected chi connectivity index (χ3v) is 6.87. The second-order valence-electron chi connectivity index (χ2n) is 4.45. The van der Waals surface area contributed by atoms with Crippen molar-refractivity contribution in [3.63, 3.8) is 0 Å². The number of nitrogens with one attached hydrogen (secondary N) is 1. The average molecular weight is 379 g/mol. The van der Waals surface area contributed by atoms with Gasteiger partial charge in [-0.2, -0.15) is 5.26 Å². The summed E-state index contributed by atoms with van der Waals surface area (Å²) in [5, 5.41) is 17.8. The summed E-state index contributed by atoms with van der Waals surface area (Å²) in [5.41, 5.74) is 0. The molecular weight excluding hydrogens is 368 g/mol. The minimum atomic E-state index is -3.83. The Labute approximate surface area is 128 Å². The van der Waals surface area contributed by atoms with E-state index in [4.69, 9.17) is 10.4 Å². The van der Waals surface area contributed by atoms with E-state index in [1.165, 1.54) is 0 Å². The summed E-state index contributed by atoms with van der Waals surface area (Å²) in [5.74, 6) is -1.51. The number of hydrogen-bond donors (Lipinski definition) is 2. The first-order valence-corrected chi connectivity index (χ1v) is 8.89. The normalized spacial score (nSPS) is 22.6. The molecule has 1 fully saturated rings. The number of sulfonamides is 1. The lowest BCUT2D eigenvalue weighted by atomic mass is 10.1. The maximum atomic E-state index is 12.3. The van der Waals surface area contributed by atoms with Gasteiger partial charge in [-0.25, -0.2) is 17.9 Å². The molecule has 1 saturated carbocycles. The molecule has 0 radical (unpaired) electrons. The molecule has 0 bridgehead atoms. The summed E-state index contributed by atoms with van der Waals surface area (Å²) in [4.78, 5) is 10.7. The van der Waals surface area contributed by atoms with Crippen molar-refractivity contribution >= 4 is 43.3 Å². The molecule has 1 aromatic heterocycles. The molecule has 0 aromatic carbocycles. The molecule has 9 heteroatoms. The topological polar surface area (TPSA) is 107 Å². The maximum absolute atomic E-state index is 12.3. The number of hydrogen-bond acceptors (Lipinski definition) is 5. The fourth-order valence-electron chi connectivity index (χ4n) is 2.16. The average Bonchev–Trinajstić information content (AvgIpc) is 2.95. The monoisotopic (exact) mass is 378 g/mol. The Morgan fingerprint density at radius 1 is 1.55 bits per heavy atom. The largest absolute Gasteiger partial charge is 0.477 e. The van der Waals surface area contributed by atoms with E-state index in [2.05, 4.69) is 26.7 Å². The third kappa shape index (κ3) is 3.03. The van der Waals surface area contributed by atoms with Crippen molar-refractivity contribution < 1.29 is 18.3 Å². The summed E-state index contributed by atoms with van der Waals surface area (Å²) in [6.07, 6.45) is 2.09. The Morgan fingerprint density at radius 3 is 2.80 bits per heavy atom. The molecule has 0 saturated heterocycles. The van der Waals surface area contributed by atoms with Crippen LogP contribution in [0.5, 0.6) is 0 Å². The Bertz CT molecular complexity index is 677. The van der Waals surface area contributed by atoms with Crippen LogP contribution in [-0.2, 0) is 10.0 Å². The standard InChI is InChI=1S/C11H11BrN2O4S2/c12-10-9(4-8(19-10)11(15)16)20(17,18)14-7-3-1-2-6(7)5-13/h4,6-7,14H,1-3H2,(H,15,16). The summed E-state index contributed by atoms with van der Waals surface area (Å²) in [6.45, 7) is 0. The lowest BCUT2D eigenvalue weighted by Crippen LogP contribution is -2.36. The van der Waals surface area contributed by atoms with E-state index in [-0.39, 0.29) is 19.5 Å². The fourth-order valence-corrected chi connectivity index (χ4v) is 5.87. The third-order valence-electron chi connectivity index (χ3n) is 3.14. The molecule has 2 rings (SSSR count). The molecule has 2 unspecified atom stereocenters. The predicted molar refractivity (Wildman–Crippen MR) is 76.0 cm³/mol. The molecule has 20 heavy (non-hydrogen) atoms. The van der Waals surface area contributed by atoms with Crippen LogP contribution in [0.1, 0.15) is 28.9 Å². The molecule has 108 valence electrons. The highest BCUT2D eigenvalue weighted by Gasteiger charge is 2.33. The Kier molecular flexibility index (Phi) is 4.49. The molecular formula is C11H11BrN2O4S2. The first-order chi connectivity index (χ1) is 9.35. The maximum Gasteiger partial charge on any atom is 0.345 e. The van der Waals surface area contributed by atoms with Crippen LogP contribution in [0.25, 0.3) is 0 Å². The highest BCUT2D eigenvalue weighted by atomic mass is 79.9. The molecule has 0 aliphatic heterocycles. The van der Waals surface area contributed by atoms with Gasteiger partial charge in [0, 0.05) is 6.04 Å². The number of aromatic carboxylic acids is 1. The smallest absolute Gasteiger partial charge is 0.345 e. The van der Waals surface area contributed by atoms with Crippen LogP contribution in [0.15, 0.2) is 14.7 Å². The summed E-state index contributed by atoms with van der Waals surface area (Å²) in [7, 11) is -3.83. The molecule has 2 N–H and O–H groups in total. The van der Waals surface area contributed by atoms with Gasteiger partial charge in [0.25, 0.3) is 0 Å². The van der Waals surface area contributed by atoms with Gasteiger partial charge in [-0.05, 0) is 34.8 Å². The van der Waals surface area contributed by atoms with Crippen molar-refractivity contribution in [2.24, 2.45) is 5.92 Å². The van der Waals surface area contributed by atoms with Crippen molar-refractivity contribution in [1.82, 2.24) is 4.72 Å². The van der Waals surface area contributed by atoms with Crippen LogP contribution in [0, 0.1) is 17.2 Å². The minimum Gasteiger partial charge on any atom is -0.477 e. The minimum absolute atomic E-state index is 0.0551. The SMILES string of the molecule is N#CC1CCCC1NS(=O)(=O)c1cc(C(=O)O)sc1Br. The zero-order valence-electron chi connectivity index (χ0n) is 10.2. The highest BCUT2D eigenvalue weighted by molar-refractivity contribution is 9.11. The number of nitriles is 1. The van der Waals surface area contributed by atoms with Gasteiger partial charge < -0.3 is 5.11 Å². The molecule has 1 aliphatic rings. The van der Waals surface area contributed by atoms with Gasteiger partial charge in [0.2, 0.25) is 10.0 Å². The van der Waals surface area contributed by atoms with E-state index < -0.39 is 22.0 Å². The lowest BCUT2D eigenvalue weighted by Gasteiger charge is -2.15. The zero-order valence-corrected chi connectivity index (χ0v) is 13.4. The van der Waals surface area contributed by atoms with Crippen LogP contribution in [0.2, 0.25) is 0 Å². The number of nitrogens with zero attached hydrogens (tertiary/aromatic N) is 1. The van der Waals surface area contributed by atoms with Gasteiger partial charge in [0.05, 0.1) is 15.8 Å². The van der Waals surface area contributed by atoms with E-state index in [0.29, 0.717) is 12.8 Å². The highest BCUT2D eigenvalue weighted by Crippen LogP contribution is 2.33. The first-order valence-electron chi connectivity index (χ1n) is 5.79. The molecule has 2 atom stereocenters. The van der Waals surface area contributed by atoms with Gasteiger partial charge >= 0.3 is 5.97 Å². The molecule has 1 heterocycles. The summed E-state index contributed by atoms with van der Waals surface area (Å²) >= 11 is 3.92. The fraction of sp³-hybridized carbons (Fsp3) is 0.455. The number of halogens is 1. The number of carbonyl (C=O) groups is 1. The van der Waals surface area contributed by atoms with Gasteiger partial charge in [-0.3, -0.25) is 0 Å². The van der Waals surface area contributed by atoms with E-state index in [0.717, 1.165) is 23.8 Å². The Balaban J connectivity index is 2.27. The number of thiophene rings is 1. The van der Waals surface area contributed by atoms with Crippen LogP contribution >= 0.6 is 27.3 Å². The number of carboxylic acid groups (broad SMARTS) is 1. The summed E-state index contributed by atoms with van der Waals surface area (Å²) < 4.78 is 27.3. The summed E-state index contributed by atoms with van der Waals surface area (Å²) in [6, 6.07) is 2.80. The number of rotatable bonds is 4. The van der Waals surface area contributed by atoms with E-state index in [9.17, 15) is 13.2 Å². The molecule has 0 spiro atoms. The Morgan fingerprint density at radius 2 is 2.25 bits per heavy atom. The van der Waals surface area contributed by atoms with Gasteiger partial charge in [-0.15, -0.1) is 11.3 Å². The second-order valence-corrected chi connectivity index (χ2v) is 8.50. The van der Waals surface area contributed by atoms with E-state index in [1.54, 1.807) is 0 Å². The Hall–Kier alpha value is -0.950. The number of carboxylic acids is 1. The van der Waals surface area contributed by atoms with Gasteiger partial charge in [-0.1, -0.05) is 6.42 Å². The van der Waals surface area contributed by atoms with Crippen molar-refractivity contribution in [3.8, 4) is 6.07 Å². The predicted octanol–water partition coefficient (Wildman–Crippen LogP) is 2.18. The molecule has 6 nitrogen and oxygen atoms in total. The second kappa shape index (κ2) is 5.81. The lowest BCUT2D eigenvalue weighted by molar-refractivity contribution is 0.0702. The van der Waals surface area contributed by atoms with Crippen LogP contribution in [0.3, 0.4) is 0 Å². The van der Waals surface area contributed by atoms with Gasteiger partial charge in [0.1, 0.15) is 9.77 Å². The van der Waals surface area contributed by atoms with Crippen LogP contribution in [-0.4, -0.2) is 25.5 Å². The molecule has 1 aromatic rings. The van der Waals surface area contributed by atoms with Gasteiger partial charge in [0.15, 0.2) is 0 Å². The zero-order chi connectivity index (χ0) is 14.9. The first kappa shape index (κ1) is 15.4. The van der Waals surface area contributed by atoms with Crippen molar-refractivity contribution in [3.05, 3.63) is 14.7 Å².